The second-order valence-corrected chi connectivity index (χ2v) is 4.50. The summed E-state index contributed by atoms with van der Waals surface area (Å²) >= 11 is 0. The summed E-state index contributed by atoms with van der Waals surface area (Å²) in [5, 5.41) is 5.93. The lowest BCUT2D eigenvalue weighted by molar-refractivity contribution is 0.102. The number of fused-ring (bicyclic) bond motifs is 1. The summed E-state index contributed by atoms with van der Waals surface area (Å²) in [6.45, 7) is 6.47. The number of amides is 1. The Bertz CT molecular complexity index is 621. The van der Waals surface area contributed by atoms with E-state index >= 15 is 0 Å². The largest absolute Gasteiger partial charge is 0.471 e. The fourth-order valence-corrected chi connectivity index (χ4v) is 1.97. The maximum atomic E-state index is 12.1. The first-order valence-electron chi connectivity index (χ1n) is 7.11. The molecule has 0 aliphatic carbocycles. The zero-order chi connectivity index (χ0) is 15.2. The van der Waals surface area contributed by atoms with Gasteiger partial charge in [-0.3, -0.25) is 4.79 Å². The van der Waals surface area contributed by atoms with Crippen LogP contribution in [0.1, 0.15) is 29.8 Å². The van der Waals surface area contributed by atoms with Crippen LogP contribution in [-0.2, 0) is 0 Å². The van der Waals surface area contributed by atoms with Crippen molar-refractivity contribution < 1.29 is 9.53 Å². The molecule has 1 heterocycles. The summed E-state index contributed by atoms with van der Waals surface area (Å²) in [6.07, 6.45) is 0. The third-order valence-corrected chi connectivity index (χ3v) is 3.04. The number of aryl methyl sites for hydroxylation is 1. The van der Waals surface area contributed by atoms with Gasteiger partial charge in [0.05, 0.1) is 5.69 Å². The fourth-order valence-electron chi connectivity index (χ4n) is 1.97. The lowest BCUT2D eigenvalue weighted by atomic mass is 10.1. The molecule has 0 fully saturated rings. The van der Waals surface area contributed by atoms with E-state index in [0.717, 1.165) is 22.7 Å². The molecule has 0 saturated heterocycles. The summed E-state index contributed by atoms with van der Waals surface area (Å²) in [4.78, 5) is 12.1. The third-order valence-electron chi connectivity index (χ3n) is 3.04. The Morgan fingerprint density at radius 3 is 2.57 bits per heavy atom. The molecule has 110 valence electrons. The molecule has 4 heteroatoms. The van der Waals surface area contributed by atoms with Crippen LogP contribution < -0.4 is 15.4 Å². The standard InChI is InChI=1S/C15H14N2O2.C2H6/c1-10-2-5-12(6-3-10)17-15(18)11-4-7-14-13(8-11)16-9-19-14;1-2/h2-8,16H,9H2,1H3,(H,17,18);1-2H3. The predicted molar refractivity (Wildman–Crippen MR) is 86.0 cm³/mol. The second-order valence-electron chi connectivity index (χ2n) is 4.50. The van der Waals surface area contributed by atoms with Gasteiger partial charge in [-0.25, -0.2) is 0 Å². The van der Waals surface area contributed by atoms with Crippen LogP contribution in [0.25, 0.3) is 0 Å². The van der Waals surface area contributed by atoms with Gasteiger partial charge in [-0.15, -0.1) is 0 Å². The molecule has 2 N–H and O–H groups in total. The first-order chi connectivity index (χ1) is 10.2. The van der Waals surface area contributed by atoms with E-state index in [1.54, 1.807) is 18.2 Å². The number of nitrogens with one attached hydrogen (secondary N) is 2. The average molecular weight is 284 g/mol. The lowest BCUT2D eigenvalue weighted by Gasteiger charge is -2.06. The van der Waals surface area contributed by atoms with Crippen LogP contribution in [0.15, 0.2) is 42.5 Å². The van der Waals surface area contributed by atoms with E-state index in [9.17, 15) is 4.79 Å². The molecule has 3 rings (SSSR count). The normalized spacial score (nSPS) is 11.4. The summed E-state index contributed by atoms with van der Waals surface area (Å²) in [5.41, 5.74) is 3.42. The highest BCUT2D eigenvalue weighted by molar-refractivity contribution is 6.05. The third kappa shape index (κ3) is 3.54. The van der Waals surface area contributed by atoms with Crippen LogP contribution in [0.5, 0.6) is 5.75 Å². The molecule has 0 aromatic heterocycles. The van der Waals surface area contributed by atoms with E-state index in [1.165, 1.54) is 0 Å². The van der Waals surface area contributed by atoms with Crippen LogP contribution in [-0.4, -0.2) is 12.6 Å². The summed E-state index contributed by atoms with van der Waals surface area (Å²) in [5.74, 6) is 0.659. The Balaban J connectivity index is 0.000000774. The first-order valence-corrected chi connectivity index (χ1v) is 7.11. The predicted octanol–water partition coefficient (Wildman–Crippen LogP) is 4.04. The van der Waals surface area contributed by atoms with Crippen molar-refractivity contribution in [3.8, 4) is 5.75 Å². The minimum Gasteiger partial charge on any atom is -0.471 e. The number of ether oxygens (including phenoxy) is 1. The van der Waals surface area contributed by atoms with Gasteiger partial charge in [-0.05, 0) is 37.3 Å². The van der Waals surface area contributed by atoms with Gasteiger partial charge in [0.2, 0.25) is 0 Å². The van der Waals surface area contributed by atoms with Crippen molar-refractivity contribution in [1.82, 2.24) is 0 Å². The van der Waals surface area contributed by atoms with E-state index in [1.807, 2.05) is 45.0 Å². The molecule has 4 nitrogen and oxygen atoms in total. The minimum absolute atomic E-state index is 0.125. The number of rotatable bonds is 2. The van der Waals surface area contributed by atoms with Gasteiger partial charge in [-0.1, -0.05) is 31.5 Å². The van der Waals surface area contributed by atoms with Crippen LogP contribution in [0.2, 0.25) is 0 Å². The molecular weight excluding hydrogens is 264 g/mol. The monoisotopic (exact) mass is 284 g/mol. The van der Waals surface area contributed by atoms with Gasteiger partial charge in [0.15, 0.2) is 6.73 Å². The minimum atomic E-state index is -0.125. The van der Waals surface area contributed by atoms with E-state index in [4.69, 9.17) is 4.74 Å². The zero-order valence-corrected chi connectivity index (χ0v) is 12.6. The van der Waals surface area contributed by atoms with Crippen molar-refractivity contribution in [2.75, 3.05) is 17.4 Å². The van der Waals surface area contributed by atoms with Crippen LogP contribution >= 0.6 is 0 Å². The molecule has 1 amide bonds. The molecule has 2 aromatic carbocycles. The molecule has 0 spiro atoms. The van der Waals surface area contributed by atoms with Gasteiger partial charge >= 0.3 is 0 Å². The van der Waals surface area contributed by atoms with Gasteiger partial charge in [-0.2, -0.15) is 0 Å². The molecule has 2 aromatic rings. The first kappa shape index (κ1) is 14.9. The van der Waals surface area contributed by atoms with Crippen molar-refractivity contribution in [3.63, 3.8) is 0 Å². The molecule has 1 aliphatic heterocycles. The maximum Gasteiger partial charge on any atom is 0.255 e. The van der Waals surface area contributed by atoms with E-state index in [0.29, 0.717) is 12.3 Å². The van der Waals surface area contributed by atoms with Crippen molar-refractivity contribution in [2.24, 2.45) is 0 Å². The Labute approximate surface area is 125 Å². The number of hydrogen-bond acceptors (Lipinski definition) is 3. The molecule has 0 radical (unpaired) electrons. The number of hydrogen-bond donors (Lipinski definition) is 2. The number of carbonyl (C=O) groups excluding carboxylic acids is 1. The molecule has 0 unspecified atom stereocenters. The molecular formula is C17H20N2O2. The Morgan fingerprint density at radius 2 is 1.86 bits per heavy atom. The Morgan fingerprint density at radius 1 is 1.14 bits per heavy atom. The summed E-state index contributed by atoms with van der Waals surface area (Å²) in [7, 11) is 0. The highest BCUT2D eigenvalue weighted by Gasteiger charge is 2.14. The summed E-state index contributed by atoms with van der Waals surface area (Å²) in [6, 6.07) is 13.1. The smallest absolute Gasteiger partial charge is 0.255 e. The van der Waals surface area contributed by atoms with E-state index in [2.05, 4.69) is 10.6 Å². The summed E-state index contributed by atoms with van der Waals surface area (Å²) < 4.78 is 5.32. The van der Waals surface area contributed by atoms with Crippen LogP contribution in [0, 0.1) is 6.92 Å². The van der Waals surface area contributed by atoms with Crippen molar-refractivity contribution in [1.29, 1.82) is 0 Å². The SMILES string of the molecule is CC.Cc1ccc(NC(=O)c2ccc3c(c2)NCO3)cc1. The van der Waals surface area contributed by atoms with Gasteiger partial charge < -0.3 is 15.4 Å². The van der Waals surface area contributed by atoms with Gasteiger partial charge in [0, 0.05) is 11.3 Å². The van der Waals surface area contributed by atoms with Crippen molar-refractivity contribution in [2.45, 2.75) is 20.8 Å². The van der Waals surface area contributed by atoms with E-state index < -0.39 is 0 Å². The average Bonchev–Trinajstić information content (AvgIpc) is 2.99. The topological polar surface area (TPSA) is 50.4 Å². The number of benzene rings is 2. The maximum absolute atomic E-state index is 12.1. The number of anilines is 2. The Kier molecular flexibility index (Phi) is 4.82. The van der Waals surface area contributed by atoms with Gasteiger partial charge in [0.25, 0.3) is 5.91 Å². The lowest BCUT2D eigenvalue weighted by Crippen LogP contribution is -2.11. The molecule has 0 saturated carbocycles. The highest BCUT2D eigenvalue weighted by Crippen LogP contribution is 2.29. The van der Waals surface area contributed by atoms with Gasteiger partial charge in [0.1, 0.15) is 5.75 Å². The highest BCUT2D eigenvalue weighted by atomic mass is 16.5. The fraction of sp³-hybridized carbons (Fsp3) is 0.235. The van der Waals surface area contributed by atoms with Crippen molar-refractivity contribution in [3.05, 3.63) is 53.6 Å². The van der Waals surface area contributed by atoms with E-state index in [-0.39, 0.29) is 5.91 Å². The second kappa shape index (κ2) is 6.79. The molecule has 1 aliphatic rings. The number of carbonyl (C=O) groups is 1. The van der Waals surface area contributed by atoms with Crippen LogP contribution in [0.3, 0.4) is 0 Å². The van der Waals surface area contributed by atoms with Crippen LogP contribution in [0.4, 0.5) is 11.4 Å². The molecule has 0 bridgehead atoms. The zero-order valence-electron chi connectivity index (χ0n) is 12.6. The Hall–Kier alpha value is -2.49. The molecule has 21 heavy (non-hydrogen) atoms. The quantitative estimate of drug-likeness (QED) is 0.875. The van der Waals surface area contributed by atoms with Crippen molar-refractivity contribution >= 4 is 17.3 Å². The molecule has 0 atom stereocenters.